The molecule has 4 aliphatic carbocycles. The lowest BCUT2D eigenvalue weighted by Gasteiger charge is -2.59. The van der Waals surface area contributed by atoms with Crippen molar-refractivity contribution in [3.63, 3.8) is 0 Å². The summed E-state index contributed by atoms with van der Waals surface area (Å²) < 4.78 is 0. The van der Waals surface area contributed by atoms with E-state index in [4.69, 9.17) is 0 Å². The minimum atomic E-state index is -0.404. The van der Waals surface area contributed by atoms with Gasteiger partial charge in [-0.15, -0.1) is 0 Å². The Balaban J connectivity index is 1.71. The zero-order valence-corrected chi connectivity index (χ0v) is 15.3. The Morgan fingerprint density at radius 2 is 1.83 bits per heavy atom. The van der Waals surface area contributed by atoms with Gasteiger partial charge in [-0.25, -0.2) is 0 Å². The van der Waals surface area contributed by atoms with E-state index in [9.17, 15) is 15.0 Å². The summed E-state index contributed by atoms with van der Waals surface area (Å²) in [5.74, 6) is 1.77. The summed E-state index contributed by atoms with van der Waals surface area (Å²) in [7, 11) is 0. The van der Waals surface area contributed by atoms with E-state index in [1.54, 1.807) is 6.92 Å². The molecule has 0 bridgehead atoms. The summed E-state index contributed by atoms with van der Waals surface area (Å²) in [4.78, 5) is 12.2. The third kappa shape index (κ3) is 2.13. The predicted molar refractivity (Wildman–Crippen MR) is 93.3 cm³/mol. The van der Waals surface area contributed by atoms with E-state index >= 15 is 0 Å². The average Bonchev–Trinajstić information content (AvgIpc) is 2.86. The van der Waals surface area contributed by atoms with Crippen molar-refractivity contribution in [2.75, 3.05) is 0 Å². The SMILES string of the molecule is CC(=O)C1CCC2C3C(CCC12C)C1(C)CCC(O)CC1=C[C@H]3O. The highest BCUT2D eigenvalue weighted by atomic mass is 16.3. The number of ketones is 1. The number of fused-ring (bicyclic) bond motifs is 5. The van der Waals surface area contributed by atoms with Gasteiger partial charge in [-0.2, -0.15) is 0 Å². The second-order valence-electron chi connectivity index (χ2n) is 9.57. The first-order valence-corrected chi connectivity index (χ1v) is 9.85. The minimum absolute atomic E-state index is 0.0733. The second kappa shape index (κ2) is 5.41. The molecule has 0 aromatic heterocycles. The van der Waals surface area contributed by atoms with Crippen LogP contribution in [-0.4, -0.2) is 28.2 Å². The smallest absolute Gasteiger partial charge is 0.133 e. The Morgan fingerprint density at radius 1 is 1.08 bits per heavy atom. The van der Waals surface area contributed by atoms with E-state index in [0.717, 1.165) is 44.9 Å². The number of hydrogen-bond donors (Lipinski definition) is 2. The van der Waals surface area contributed by atoms with Crippen LogP contribution in [0.1, 0.15) is 65.7 Å². The number of rotatable bonds is 1. The summed E-state index contributed by atoms with van der Waals surface area (Å²) in [5.41, 5.74) is 1.50. The summed E-state index contributed by atoms with van der Waals surface area (Å²) in [6.45, 7) is 6.43. The van der Waals surface area contributed by atoms with Gasteiger partial charge in [0.15, 0.2) is 0 Å². The third-order valence-corrected chi connectivity index (χ3v) is 8.59. The van der Waals surface area contributed by atoms with E-state index in [1.165, 1.54) is 5.57 Å². The first-order valence-electron chi connectivity index (χ1n) is 9.85. The Hall–Kier alpha value is -0.670. The maximum absolute atomic E-state index is 12.2. The molecule has 0 radical (unpaired) electrons. The van der Waals surface area contributed by atoms with Gasteiger partial charge in [0.25, 0.3) is 0 Å². The molecular formula is C21H32O3. The van der Waals surface area contributed by atoms with Crippen LogP contribution in [-0.2, 0) is 4.79 Å². The molecule has 24 heavy (non-hydrogen) atoms. The Kier molecular flexibility index (Phi) is 3.78. The van der Waals surface area contributed by atoms with Crippen LogP contribution in [0.2, 0.25) is 0 Å². The van der Waals surface area contributed by atoms with Crippen molar-refractivity contribution in [1.29, 1.82) is 0 Å². The molecule has 0 aliphatic heterocycles. The first-order chi connectivity index (χ1) is 11.3. The standard InChI is InChI=1S/C21H32O3/c1-12(22)15-4-5-16-19-17(7-9-21(15,16)3)20(2)8-6-14(23)10-13(20)11-18(19)24/h11,14-19,23-24H,4-10H2,1-3H3/t14?,15?,16?,17?,18-,19?,20?,21?/m1/s1. The first kappa shape index (κ1) is 16.8. The number of aliphatic hydroxyl groups excluding tert-OH is 2. The van der Waals surface area contributed by atoms with Crippen molar-refractivity contribution in [3.05, 3.63) is 11.6 Å². The summed E-state index contributed by atoms with van der Waals surface area (Å²) in [6.07, 6.45) is 8.39. The summed E-state index contributed by atoms with van der Waals surface area (Å²) in [5, 5.41) is 21.1. The summed E-state index contributed by atoms with van der Waals surface area (Å²) >= 11 is 0. The van der Waals surface area contributed by atoms with Gasteiger partial charge in [-0.3, -0.25) is 4.79 Å². The number of carbonyl (C=O) groups excluding carboxylic acids is 1. The van der Waals surface area contributed by atoms with Gasteiger partial charge in [0.05, 0.1) is 12.2 Å². The molecule has 3 heteroatoms. The molecule has 0 amide bonds. The molecule has 3 fully saturated rings. The van der Waals surface area contributed by atoms with Crippen LogP contribution in [0.25, 0.3) is 0 Å². The molecule has 4 aliphatic rings. The molecule has 3 saturated carbocycles. The molecule has 4 rings (SSSR count). The minimum Gasteiger partial charge on any atom is -0.393 e. The van der Waals surface area contributed by atoms with Gasteiger partial charge in [0.1, 0.15) is 5.78 Å². The fraction of sp³-hybridized carbons (Fsp3) is 0.857. The normalized spacial score (nSPS) is 53.6. The third-order valence-electron chi connectivity index (χ3n) is 8.59. The zero-order chi connectivity index (χ0) is 17.3. The average molecular weight is 332 g/mol. The number of carbonyl (C=O) groups is 1. The second-order valence-corrected chi connectivity index (χ2v) is 9.57. The van der Waals surface area contributed by atoms with Crippen molar-refractivity contribution in [2.24, 2.45) is 34.5 Å². The van der Waals surface area contributed by atoms with Gasteiger partial charge in [0.2, 0.25) is 0 Å². The van der Waals surface area contributed by atoms with E-state index in [1.807, 2.05) is 0 Å². The molecule has 8 atom stereocenters. The molecule has 0 saturated heterocycles. The van der Waals surface area contributed by atoms with Crippen LogP contribution in [0.15, 0.2) is 11.6 Å². The monoisotopic (exact) mass is 332 g/mol. The fourth-order valence-electron chi connectivity index (χ4n) is 7.30. The molecule has 134 valence electrons. The fourth-order valence-corrected chi connectivity index (χ4v) is 7.30. The molecule has 0 heterocycles. The van der Waals surface area contributed by atoms with Gasteiger partial charge >= 0.3 is 0 Å². The number of hydrogen-bond acceptors (Lipinski definition) is 3. The quantitative estimate of drug-likeness (QED) is 0.723. The lowest BCUT2D eigenvalue weighted by molar-refractivity contribution is -0.130. The summed E-state index contributed by atoms with van der Waals surface area (Å²) in [6, 6.07) is 0. The van der Waals surface area contributed by atoms with Crippen molar-refractivity contribution in [3.8, 4) is 0 Å². The Labute approximate surface area is 145 Å². The van der Waals surface area contributed by atoms with Crippen LogP contribution in [0.3, 0.4) is 0 Å². The highest BCUT2D eigenvalue weighted by Gasteiger charge is 2.61. The van der Waals surface area contributed by atoms with Gasteiger partial charge in [-0.05, 0) is 80.5 Å². The molecule has 0 aromatic rings. The maximum atomic E-state index is 12.2. The predicted octanol–water partition coefficient (Wildman–Crippen LogP) is 3.49. The van der Waals surface area contributed by atoms with Crippen LogP contribution in [0.5, 0.6) is 0 Å². The molecular weight excluding hydrogens is 300 g/mol. The lowest BCUT2D eigenvalue weighted by atomic mass is 9.46. The van der Waals surface area contributed by atoms with E-state index in [0.29, 0.717) is 17.6 Å². The maximum Gasteiger partial charge on any atom is 0.133 e. The van der Waals surface area contributed by atoms with Crippen LogP contribution in [0.4, 0.5) is 0 Å². The molecule has 7 unspecified atom stereocenters. The molecule has 3 nitrogen and oxygen atoms in total. The van der Waals surface area contributed by atoms with E-state index < -0.39 is 6.10 Å². The highest BCUT2D eigenvalue weighted by Crippen LogP contribution is 2.66. The molecule has 0 spiro atoms. The number of aliphatic hydroxyl groups is 2. The van der Waals surface area contributed by atoms with Crippen LogP contribution in [0, 0.1) is 34.5 Å². The van der Waals surface area contributed by atoms with Gasteiger partial charge < -0.3 is 10.2 Å². The van der Waals surface area contributed by atoms with E-state index in [2.05, 4.69) is 19.9 Å². The van der Waals surface area contributed by atoms with Crippen LogP contribution >= 0.6 is 0 Å². The largest absolute Gasteiger partial charge is 0.393 e. The highest BCUT2D eigenvalue weighted by molar-refractivity contribution is 5.79. The van der Waals surface area contributed by atoms with Crippen molar-refractivity contribution >= 4 is 5.78 Å². The topological polar surface area (TPSA) is 57.5 Å². The van der Waals surface area contributed by atoms with E-state index in [-0.39, 0.29) is 28.8 Å². The Bertz CT molecular complexity index is 582. The van der Waals surface area contributed by atoms with Crippen molar-refractivity contribution in [2.45, 2.75) is 77.9 Å². The van der Waals surface area contributed by atoms with Crippen LogP contribution < -0.4 is 0 Å². The molecule has 0 aromatic carbocycles. The molecule has 2 N–H and O–H groups in total. The lowest BCUT2D eigenvalue weighted by Crippen LogP contribution is -2.55. The van der Waals surface area contributed by atoms with Crippen molar-refractivity contribution < 1.29 is 15.0 Å². The Morgan fingerprint density at radius 3 is 2.54 bits per heavy atom. The van der Waals surface area contributed by atoms with Gasteiger partial charge in [0, 0.05) is 5.92 Å². The van der Waals surface area contributed by atoms with Crippen molar-refractivity contribution in [1.82, 2.24) is 0 Å². The number of Topliss-reactive ketones (excluding diaryl/α,β-unsaturated/α-hetero) is 1. The zero-order valence-electron chi connectivity index (χ0n) is 15.3. The van der Waals surface area contributed by atoms with Gasteiger partial charge in [-0.1, -0.05) is 25.5 Å².